The number of para-hydroxylation sites is 1. The Morgan fingerprint density at radius 2 is 2.10 bits per heavy atom. The zero-order chi connectivity index (χ0) is 15.0. The molecule has 2 aromatic rings. The lowest BCUT2D eigenvalue weighted by Gasteiger charge is -2.36. The van der Waals surface area contributed by atoms with Crippen LogP contribution in [0.25, 0.3) is 10.9 Å². The number of morpholine rings is 1. The Morgan fingerprint density at radius 1 is 1.33 bits per heavy atom. The third kappa shape index (κ3) is 2.44. The van der Waals surface area contributed by atoms with Gasteiger partial charge in [-0.3, -0.25) is 4.79 Å². The van der Waals surface area contributed by atoms with Crippen molar-refractivity contribution in [2.75, 3.05) is 13.2 Å². The highest BCUT2D eigenvalue weighted by Crippen LogP contribution is 2.24. The first-order chi connectivity index (χ1) is 10.1. The highest BCUT2D eigenvalue weighted by Gasteiger charge is 2.29. The first-order valence-corrected chi connectivity index (χ1v) is 7.62. The van der Waals surface area contributed by atoms with Crippen molar-refractivity contribution in [3.8, 4) is 0 Å². The van der Waals surface area contributed by atoms with Gasteiger partial charge in [0.1, 0.15) is 0 Å². The number of aryl methyl sites for hydroxylation is 1. The van der Waals surface area contributed by atoms with E-state index in [0.29, 0.717) is 13.2 Å². The third-order valence-corrected chi connectivity index (χ3v) is 4.23. The molecule has 0 N–H and O–H groups in total. The number of benzene rings is 1. The molecule has 3 rings (SSSR count). The Kier molecular flexibility index (Phi) is 3.72. The van der Waals surface area contributed by atoms with Crippen LogP contribution in [0.15, 0.2) is 30.5 Å². The van der Waals surface area contributed by atoms with Gasteiger partial charge in [-0.2, -0.15) is 0 Å². The molecule has 112 valence electrons. The minimum Gasteiger partial charge on any atom is -0.375 e. The number of hydrogen-bond acceptors (Lipinski definition) is 2. The van der Waals surface area contributed by atoms with E-state index in [1.54, 1.807) is 0 Å². The molecular formula is C17H22N2O2. The second kappa shape index (κ2) is 5.53. The first kappa shape index (κ1) is 14.1. The van der Waals surface area contributed by atoms with Gasteiger partial charge in [-0.15, -0.1) is 0 Å². The van der Waals surface area contributed by atoms with Gasteiger partial charge >= 0.3 is 0 Å². The van der Waals surface area contributed by atoms with Crippen molar-refractivity contribution < 1.29 is 9.53 Å². The smallest absolute Gasteiger partial charge is 0.256 e. The maximum Gasteiger partial charge on any atom is 0.256 e. The topological polar surface area (TPSA) is 34.5 Å². The van der Waals surface area contributed by atoms with Crippen molar-refractivity contribution in [3.63, 3.8) is 0 Å². The molecule has 2 heterocycles. The zero-order valence-electron chi connectivity index (χ0n) is 12.9. The lowest BCUT2D eigenvalue weighted by atomic mass is 10.1. The summed E-state index contributed by atoms with van der Waals surface area (Å²) < 4.78 is 7.76. The molecule has 4 heteroatoms. The van der Waals surface area contributed by atoms with E-state index < -0.39 is 0 Å². The van der Waals surface area contributed by atoms with Crippen LogP contribution in [0.1, 0.15) is 31.1 Å². The molecule has 0 bridgehead atoms. The molecule has 21 heavy (non-hydrogen) atoms. The number of carbonyl (C=O) groups is 1. The summed E-state index contributed by atoms with van der Waals surface area (Å²) in [6, 6.07) is 8.23. The average molecular weight is 286 g/mol. The standard InChI is InChI=1S/C17H22N2O2/c1-4-18-10-15(14-7-5-6-8-16(14)18)17(20)19-9-13(3)21-11-12(19)2/h5-8,10,12-13H,4,9,11H2,1-3H3. The molecule has 1 aliphatic heterocycles. The molecule has 1 amide bonds. The molecule has 0 aliphatic carbocycles. The highest BCUT2D eigenvalue weighted by molar-refractivity contribution is 6.07. The zero-order valence-corrected chi connectivity index (χ0v) is 12.9. The van der Waals surface area contributed by atoms with Crippen molar-refractivity contribution in [2.45, 2.75) is 39.5 Å². The molecule has 0 spiro atoms. The number of ether oxygens (including phenoxy) is 1. The fourth-order valence-electron chi connectivity index (χ4n) is 3.02. The number of carbonyl (C=O) groups excluding carboxylic acids is 1. The van der Waals surface area contributed by atoms with Crippen LogP contribution in [0.4, 0.5) is 0 Å². The summed E-state index contributed by atoms with van der Waals surface area (Å²) in [6.45, 7) is 8.29. The van der Waals surface area contributed by atoms with Crippen LogP contribution in [-0.4, -0.2) is 40.7 Å². The predicted molar refractivity (Wildman–Crippen MR) is 83.5 cm³/mol. The Morgan fingerprint density at radius 3 is 2.86 bits per heavy atom. The lowest BCUT2D eigenvalue weighted by Crippen LogP contribution is -2.50. The second-order valence-electron chi connectivity index (χ2n) is 5.80. The Labute approximate surface area is 125 Å². The molecule has 1 aromatic carbocycles. The van der Waals surface area contributed by atoms with Crippen molar-refractivity contribution in [1.29, 1.82) is 0 Å². The molecule has 2 unspecified atom stereocenters. The monoisotopic (exact) mass is 286 g/mol. The van der Waals surface area contributed by atoms with Gasteiger partial charge in [0.05, 0.1) is 24.3 Å². The first-order valence-electron chi connectivity index (χ1n) is 7.62. The van der Waals surface area contributed by atoms with Gasteiger partial charge in [0.25, 0.3) is 5.91 Å². The molecule has 1 saturated heterocycles. The number of aromatic nitrogens is 1. The van der Waals surface area contributed by atoms with Crippen LogP contribution in [-0.2, 0) is 11.3 Å². The van der Waals surface area contributed by atoms with Gasteiger partial charge in [-0.25, -0.2) is 0 Å². The third-order valence-electron chi connectivity index (χ3n) is 4.23. The quantitative estimate of drug-likeness (QED) is 0.850. The molecular weight excluding hydrogens is 264 g/mol. The largest absolute Gasteiger partial charge is 0.375 e. The molecule has 0 radical (unpaired) electrons. The fraction of sp³-hybridized carbons (Fsp3) is 0.471. The summed E-state index contributed by atoms with van der Waals surface area (Å²) in [6.07, 6.45) is 2.09. The van der Waals surface area contributed by atoms with E-state index in [0.717, 1.165) is 23.0 Å². The summed E-state index contributed by atoms with van der Waals surface area (Å²) in [5, 5.41) is 1.04. The number of rotatable bonds is 2. The van der Waals surface area contributed by atoms with Crippen LogP contribution in [0.5, 0.6) is 0 Å². The fourth-order valence-corrected chi connectivity index (χ4v) is 3.02. The minimum absolute atomic E-state index is 0.102. The van der Waals surface area contributed by atoms with Crippen molar-refractivity contribution in [3.05, 3.63) is 36.0 Å². The van der Waals surface area contributed by atoms with E-state index >= 15 is 0 Å². The minimum atomic E-state index is 0.102. The molecule has 1 aromatic heterocycles. The predicted octanol–water partition coefficient (Wildman–Crippen LogP) is 2.91. The SMILES string of the molecule is CCn1cc(C(=O)N2CC(C)OCC2C)c2ccccc21. The van der Waals surface area contributed by atoms with Crippen molar-refractivity contribution in [2.24, 2.45) is 0 Å². The lowest BCUT2D eigenvalue weighted by molar-refractivity contribution is -0.0386. The van der Waals surface area contributed by atoms with E-state index in [4.69, 9.17) is 4.74 Å². The average Bonchev–Trinajstić information content (AvgIpc) is 2.88. The molecule has 1 fully saturated rings. The van der Waals surface area contributed by atoms with E-state index in [-0.39, 0.29) is 18.1 Å². The maximum atomic E-state index is 13.0. The molecule has 2 atom stereocenters. The van der Waals surface area contributed by atoms with Crippen LogP contribution in [0.3, 0.4) is 0 Å². The van der Waals surface area contributed by atoms with Gasteiger partial charge in [0, 0.05) is 30.2 Å². The summed E-state index contributed by atoms with van der Waals surface area (Å²) in [5.41, 5.74) is 1.92. The summed E-state index contributed by atoms with van der Waals surface area (Å²) in [5.74, 6) is 0.112. The summed E-state index contributed by atoms with van der Waals surface area (Å²) >= 11 is 0. The Hall–Kier alpha value is -1.81. The Balaban J connectivity index is 2.01. The van der Waals surface area contributed by atoms with E-state index in [2.05, 4.69) is 17.6 Å². The molecule has 0 saturated carbocycles. The number of amides is 1. The highest BCUT2D eigenvalue weighted by atomic mass is 16.5. The normalized spacial score (nSPS) is 22.7. The molecule has 4 nitrogen and oxygen atoms in total. The van der Waals surface area contributed by atoms with Gasteiger partial charge in [-0.1, -0.05) is 18.2 Å². The molecule has 1 aliphatic rings. The summed E-state index contributed by atoms with van der Waals surface area (Å²) in [4.78, 5) is 14.9. The van der Waals surface area contributed by atoms with Gasteiger partial charge in [0.15, 0.2) is 0 Å². The van der Waals surface area contributed by atoms with Gasteiger partial charge < -0.3 is 14.2 Å². The van der Waals surface area contributed by atoms with Gasteiger partial charge in [0.2, 0.25) is 0 Å². The summed E-state index contributed by atoms with van der Waals surface area (Å²) in [7, 11) is 0. The number of fused-ring (bicyclic) bond motifs is 1. The Bertz CT molecular complexity index is 662. The van der Waals surface area contributed by atoms with E-state index in [1.165, 1.54) is 0 Å². The van der Waals surface area contributed by atoms with E-state index in [1.807, 2.05) is 43.1 Å². The van der Waals surface area contributed by atoms with E-state index in [9.17, 15) is 4.79 Å². The van der Waals surface area contributed by atoms with Crippen LogP contribution < -0.4 is 0 Å². The van der Waals surface area contributed by atoms with Gasteiger partial charge in [-0.05, 0) is 26.8 Å². The number of nitrogens with zero attached hydrogens (tertiary/aromatic N) is 2. The van der Waals surface area contributed by atoms with Crippen LogP contribution in [0.2, 0.25) is 0 Å². The van der Waals surface area contributed by atoms with Crippen molar-refractivity contribution >= 4 is 16.8 Å². The second-order valence-corrected chi connectivity index (χ2v) is 5.80. The maximum absolute atomic E-state index is 13.0. The van der Waals surface area contributed by atoms with Crippen molar-refractivity contribution in [1.82, 2.24) is 9.47 Å². The van der Waals surface area contributed by atoms with Crippen LogP contribution in [0, 0.1) is 0 Å². The van der Waals surface area contributed by atoms with Crippen LogP contribution >= 0.6 is 0 Å². The number of hydrogen-bond donors (Lipinski definition) is 0.